The van der Waals surface area contributed by atoms with Crippen LogP contribution in [0.15, 0.2) is 146 Å². The van der Waals surface area contributed by atoms with E-state index < -0.39 is 22.1 Å². The summed E-state index contributed by atoms with van der Waals surface area (Å²) >= 11 is 0. The molecule has 7 rings (SSSR count). The average molecular weight is 989 g/mol. The van der Waals surface area contributed by atoms with Gasteiger partial charge in [-0.1, -0.05) is 109 Å². The first-order chi connectivity index (χ1) is 27.5. The van der Waals surface area contributed by atoms with Gasteiger partial charge < -0.3 is 28.4 Å². The van der Waals surface area contributed by atoms with Gasteiger partial charge in [0.15, 0.2) is 0 Å². The van der Waals surface area contributed by atoms with E-state index in [4.69, 9.17) is 0 Å². The Bertz CT molecular complexity index is 2150. The fourth-order valence-electron chi connectivity index (χ4n) is 6.77. The van der Waals surface area contributed by atoms with Gasteiger partial charge in [-0.3, -0.25) is 14.7 Å². The average Bonchev–Trinajstić information content (AvgIpc) is 3.33. The van der Waals surface area contributed by atoms with Crippen molar-refractivity contribution in [2.45, 2.75) is 19.6 Å². The van der Waals surface area contributed by atoms with Crippen molar-refractivity contribution in [2.24, 2.45) is 0 Å². The standard InChI is InChI=1S/C42H45N6O6P3.Tm/c49-55(50,37-16-4-1-5-17-37)40-22-10-13-34(43-40)31-46-25-27-47(32-35-14-11-23-41(44-35)56(51,52)38-18-6-2-7-19-38)29-30-48(28-26-46)33-36-15-12-24-42(45-36)57(53,54)39-20-8-3-9-21-39;/h1-24H,25-33H2,(H,49,50)(H,51,52)(H,53,54);/q;+3/p-3. The SMILES string of the molecule is O=P([O-])(c1ccccc1)c1cccc(CN2CCN(Cc3cccc(P(=O)([O-])c4ccccc4)n3)CCN(Cc3cccc(P(=O)([O-])c4ccccc4)n3)CC2)n1.[Tm+3]. The Morgan fingerprint density at radius 1 is 0.379 bits per heavy atom. The number of aromatic nitrogens is 3. The maximum atomic E-state index is 13.4. The number of hydrogen-bond donors (Lipinski definition) is 0. The molecule has 0 radical (unpaired) electrons. The molecule has 3 atom stereocenters. The van der Waals surface area contributed by atoms with Crippen LogP contribution in [0.3, 0.4) is 0 Å². The van der Waals surface area contributed by atoms with Crippen LogP contribution in [-0.2, 0) is 33.3 Å². The number of rotatable bonds is 12. The van der Waals surface area contributed by atoms with Crippen LogP contribution >= 0.6 is 22.1 Å². The summed E-state index contributed by atoms with van der Waals surface area (Å²) in [5, 5.41) is 0.606. The van der Waals surface area contributed by atoms with E-state index in [2.05, 4.69) is 29.7 Å². The number of pyridine rings is 3. The van der Waals surface area contributed by atoms with E-state index in [-0.39, 0.29) is 69.1 Å². The van der Waals surface area contributed by atoms with Crippen LogP contribution in [0.5, 0.6) is 0 Å². The maximum absolute atomic E-state index is 13.4. The summed E-state index contributed by atoms with van der Waals surface area (Å²) in [4.78, 5) is 60.8. The third-order valence-electron chi connectivity index (χ3n) is 9.92. The predicted molar refractivity (Wildman–Crippen MR) is 218 cm³/mol. The Labute approximate surface area is 368 Å². The van der Waals surface area contributed by atoms with Crippen molar-refractivity contribution < 1.29 is 65.3 Å². The van der Waals surface area contributed by atoms with E-state index >= 15 is 0 Å². The van der Waals surface area contributed by atoms with Crippen molar-refractivity contribution in [2.75, 3.05) is 39.3 Å². The topological polar surface area (TPSA) is 169 Å². The molecule has 304 valence electrons. The van der Waals surface area contributed by atoms with Gasteiger partial charge in [0, 0.05) is 74.8 Å². The molecule has 1 aliphatic rings. The largest absolute Gasteiger partial charge is 3.00 e. The van der Waals surface area contributed by atoms with Gasteiger partial charge in [-0.25, -0.2) is 15.0 Å². The van der Waals surface area contributed by atoms with Crippen molar-refractivity contribution in [3.05, 3.63) is 163 Å². The normalized spacial score (nSPS) is 17.6. The van der Waals surface area contributed by atoms with E-state index in [9.17, 15) is 28.4 Å². The molecule has 6 aromatic rings. The summed E-state index contributed by atoms with van der Waals surface area (Å²) in [6, 6.07) is 40.0. The summed E-state index contributed by atoms with van der Waals surface area (Å²) in [5.74, 6) is 0. The summed E-state index contributed by atoms with van der Waals surface area (Å²) < 4.78 is 40.3. The van der Waals surface area contributed by atoms with Gasteiger partial charge in [-0.05, 0) is 36.4 Å². The third kappa shape index (κ3) is 10.9. The fraction of sp³-hybridized carbons (Fsp3) is 0.214. The first-order valence-electron chi connectivity index (χ1n) is 18.6. The smallest absolute Gasteiger partial charge is 0.792 e. The molecule has 3 unspecified atom stereocenters. The summed E-state index contributed by atoms with van der Waals surface area (Å²) in [7, 11) is -12.5. The molecular formula is C42H42N6O6P3Tm. The molecule has 0 bridgehead atoms. The molecule has 16 heteroatoms. The van der Waals surface area contributed by atoms with Crippen LogP contribution in [-0.4, -0.2) is 68.9 Å². The molecule has 12 nitrogen and oxygen atoms in total. The second-order valence-corrected chi connectivity index (χ2v) is 20.2. The van der Waals surface area contributed by atoms with Crippen LogP contribution in [0, 0.1) is 36.9 Å². The number of benzene rings is 3. The molecule has 0 amide bonds. The van der Waals surface area contributed by atoms with Gasteiger partial charge >= 0.3 is 36.9 Å². The van der Waals surface area contributed by atoms with Gasteiger partial charge in [0.05, 0.1) is 55.5 Å². The maximum Gasteiger partial charge on any atom is 3.00 e. The van der Waals surface area contributed by atoms with Crippen molar-refractivity contribution in [3.8, 4) is 0 Å². The van der Waals surface area contributed by atoms with Gasteiger partial charge in [-0.2, -0.15) is 0 Å². The molecule has 0 spiro atoms. The summed E-state index contributed by atoms with van der Waals surface area (Å²) in [6.07, 6.45) is 0. The van der Waals surface area contributed by atoms with Gasteiger partial charge in [0.1, 0.15) is 0 Å². The minimum atomic E-state index is -4.16. The molecule has 0 aliphatic carbocycles. The van der Waals surface area contributed by atoms with E-state index in [0.29, 0.717) is 76.0 Å². The van der Waals surface area contributed by atoms with Gasteiger partial charge in [0.2, 0.25) is 0 Å². The molecule has 3 aromatic carbocycles. The molecule has 0 saturated carbocycles. The molecule has 0 N–H and O–H groups in total. The van der Waals surface area contributed by atoms with Crippen LogP contribution in [0.2, 0.25) is 0 Å². The van der Waals surface area contributed by atoms with Crippen molar-refractivity contribution in [1.82, 2.24) is 29.7 Å². The van der Waals surface area contributed by atoms with Crippen LogP contribution in [0.1, 0.15) is 17.1 Å². The third-order valence-corrected chi connectivity index (χ3v) is 15.4. The minimum Gasteiger partial charge on any atom is -0.792 e. The second kappa shape index (κ2) is 19.9. The monoisotopic (exact) mass is 988 g/mol. The zero-order valence-electron chi connectivity index (χ0n) is 31.5. The molecule has 1 saturated heterocycles. The van der Waals surface area contributed by atoms with Crippen LogP contribution in [0.4, 0.5) is 0 Å². The van der Waals surface area contributed by atoms with Gasteiger partial charge in [0.25, 0.3) is 0 Å². The van der Waals surface area contributed by atoms with E-state index in [1.54, 1.807) is 109 Å². The molecule has 58 heavy (non-hydrogen) atoms. The Kier molecular flexibility index (Phi) is 15.2. The summed E-state index contributed by atoms with van der Waals surface area (Å²) in [5.41, 5.74) is 1.85. The zero-order valence-corrected chi connectivity index (χ0v) is 35.9. The van der Waals surface area contributed by atoms with Crippen molar-refractivity contribution in [3.63, 3.8) is 0 Å². The zero-order chi connectivity index (χ0) is 39.9. The molecule has 1 aliphatic heterocycles. The van der Waals surface area contributed by atoms with Crippen molar-refractivity contribution >= 4 is 54.3 Å². The minimum absolute atomic E-state index is 0. The summed E-state index contributed by atoms with van der Waals surface area (Å²) in [6.45, 7) is 4.84. The Balaban J connectivity index is 0.00000567. The van der Waals surface area contributed by atoms with Crippen LogP contribution in [0.25, 0.3) is 0 Å². The Hall–Kier alpha value is -3.21. The number of nitrogens with zero attached hydrogens (tertiary/aromatic N) is 6. The van der Waals surface area contributed by atoms with E-state index in [0.717, 1.165) is 0 Å². The van der Waals surface area contributed by atoms with E-state index in [1.165, 1.54) is 18.2 Å². The van der Waals surface area contributed by atoms with E-state index in [1.807, 2.05) is 18.2 Å². The first-order valence-corrected chi connectivity index (χ1v) is 23.5. The fourth-order valence-corrected chi connectivity index (χ4v) is 10.9. The van der Waals surface area contributed by atoms with Crippen molar-refractivity contribution in [1.29, 1.82) is 0 Å². The predicted octanol–water partition coefficient (Wildman–Crippen LogP) is 1.46. The van der Waals surface area contributed by atoms with Gasteiger partial charge in [-0.15, -0.1) is 0 Å². The number of hydrogen-bond acceptors (Lipinski definition) is 12. The molecule has 4 heterocycles. The molecule has 1 fully saturated rings. The van der Waals surface area contributed by atoms with Crippen LogP contribution < -0.4 is 46.9 Å². The molecule has 3 aromatic heterocycles. The quantitative estimate of drug-likeness (QED) is 0.162. The Morgan fingerprint density at radius 3 is 0.862 bits per heavy atom. The second-order valence-electron chi connectivity index (χ2n) is 14.0. The first kappa shape index (κ1) is 44.3. The molecular weight excluding hydrogens is 946 g/mol. The Morgan fingerprint density at radius 2 is 0.621 bits per heavy atom.